The summed E-state index contributed by atoms with van der Waals surface area (Å²) in [6.07, 6.45) is 0.603. The first-order chi connectivity index (χ1) is 7.38. The second-order valence-electron chi connectivity index (χ2n) is 4.09. The molecule has 1 aliphatic heterocycles. The van der Waals surface area contributed by atoms with Gasteiger partial charge in [0, 0.05) is 26.2 Å². The van der Waals surface area contributed by atoms with Gasteiger partial charge >= 0.3 is 0 Å². The average molecular weight is 249 g/mol. The zero-order valence-electron chi connectivity index (χ0n) is 9.72. The topological polar surface area (TPSA) is 83.7 Å². The number of rotatable bonds is 4. The van der Waals surface area contributed by atoms with Gasteiger partial charge in [-0.3, -0.25) is 4.79 Å². The molecule has 0 spiro atoms. The molecule has 94 valence electrons. The first kappa shape index (κ1) is 13.4. The largest absolute Gasteiger partial charge is 0.341 e. The maximum absolute atomic E-state index is 11.8. The van der Waals surface area contributed by atoms with Crippen molar-refractivity contribution < 1.29 is 13.2 Å². The number of carbonyl (C=O) groups excluding carboxylic acids is 1. The molecule has 2 N–H and O–H groups in total. The van der Waals surface area contributed by atoms with E-state index >= 15 is 0 Å². The lowest BCUT2D eigenvalue weighted by Crippen LogP contribution is -2.45. The van der Waals surface area contributed by atoms with Gasteiger partial charge in [-0.15, -0.1) is 0 Å². The number of nitrogens with zero attached hydrogens (tertiary/aromatic N) is 2. The number of hydrogen-bond donors (Lipinski definition) is 1. The van der Waals surface area contributed by atoms with Crippen molar-refractivity contribution in [1.82, 2.24) is 9.21 Å². The van der Waals surface area contributed by atoms with E-state index in [-0.39, 0.29) is 24.2 Å². The third-order valence-corrected chi connectivity index (χ3v) is 4.81. The van der Waals surface area contributed by atoms with Crippen LogP contribution in [0.25, 0.3) is 0 Å². The zero-order chi connectivity index (χ0) is 12.3. The van der Waals surface area contributed by atoms with E-state index in [0.717, 1.165) is 0 Å². The Morgan fingerprint density at radius 3 is 2.62 bits per heavy atom. The summed E-state index contributed by atoms with van der Waals surface area (Å²) in [7, 11) is -1.55. The third-order valence-electron chi connectivity index (χ3n) is 2.91. The second-order valence-corrected chi connectivity index (χ2v) is 6.18. The second kappa shape index (κ2) is 5.11. The van der Waals surface area contributed by atoms with Crippen molar-refractivity contribution in [2.75, 3.05) is 32.4 Å². The van der Waals surface area contributed by atoms with Crippen molar-refractivity contribution in [3.05, 3.63) is 0 Å². The van der Waals surface area contributed by atoms with Crippen LogP contribution in [0.4, 0.5) is 0 Å². The number of carbonyl (C=O) groups is 1. The lowest BCUT2D eigenvalue weighted by Gasteiger charge is -2.25. The van der Waals surface area contributed by atoms with Crippen LogP contribution in [-0.4, -0.2) is 62.0 Å². The van der Waals surface area contributed by atoms with Crippen molar-refractivity contribution in [2.45, 2.75) is 19.4 Å². The van der Waals surface area contributed by atoms with Gasteiger partial charge in [0.15, 0.2) is 0 Å². The first-order valence-electron chi connectivity index (χ1n) is 5.32. The SMILES string of the molecule is CC(CN)N(C)C(=O)CN1CCCS1(=O)=O. The highest BCUT2D eigenvalue weighted by atomic mass is 32.2. The normalized spacial score (nSPS) is 21.9. The van der Waals surface area contributed by atoms with Crippen LogP contribution in [-0.2, 0) is 14.8 Å². The van der Waals surface area contributed by atoms with Crippen LogP contribution >= 0.6 is 0 Å². The van der Waals surface area contributed by atoms with E-state index in [1.54, 1.807) is 7.05 Å². The van der Waals surface area contributed by atoms with Gasteiger partial charge in [-0.05, 0) is 13.3 Å². The van der Waals surface area contributed by atoms with Gasteiger partial charge in [0.1, 0.15) is 0 Å². The Bertz CT molecular complexity index is 355. The lowest BCUT2D eigenvalue weighted by atomic mass is 10.3. The van der Waals surface area contributed by atoms with Crippen molar-refractivity contribution in [3.63, 3.8) is 0 Å². The summed E-state index contributed by atoms with van der Waals surface area (Å²) in [6.45, 7) is 2.58. The highest BCUT2D eigenvalue weighted by Gasteiger charge is 2.31. The van der Waals surface area contributed by atoms with Crippen LogP contribution in [0.5, 0.6) is 0 Å². The Balaban J connectivity index is 2.58. The van der Waals surface area contributed by atoms with E-state index in [9.17, 15) is 13.2 Å². The van der Waals surface area contributed by atoms with E-state index in [2.05, 4.69) is 0 Å². The molecule has 1 rings (SSSR count). The van der Waals surface area contributed by atoms with E-state index in [1.165, 1.54) is 9.21 Å². The summed E-state index contributed by atoms with van der Waals surface area (Å²) in [5, 5.41) is 0. The molecule has 1 unspecified atom stereocenters. The molecule has 0 bridgehead atoms. The van der Waals surface area contributed by atoms with Crippen molar-refractivity contribution in [2.24, 2.45) is 5.73 Å². The molecule has 0 aliphatic carbocycles. The average Bonchev–Trinajstić information content (AvgIpc) is 2.56. The Morgan fingerprint density at radius 1 is 1.56 bits per heavy atom. The molecule has 1 aliphatic rings. The molecule has 1 atom stereocenters. The van der Waals surface area contributed by atoms with Gasteiger partial charge in [-0.25, -0.2) is 8.42 Å². The summed E-state index contributed by atoms with van der Waals surface area (Å²) in [5.74, 6) is -0.0559. The molecule has 1 fully saturated rings. The van der Waals surface area contributed by atoms with Crippen LogP contribution in [0.3, 0.4) is 0 Å². The summed E-state index contributed by atoms with van der Waals surface area (Å²) >= 11 is 0. The third kappa shape index (κ3) is 2.93. The quantitative estimate of drug-likeness (QED) is 0.680. The number of sulfonamides is 1. The molecule has 0 aromatic carbocycles. The first-order valence-corrected chi connectivity index (χ1v) is 6.93. The van der Waals surface area contributed by atoms with Crippen LogP contribution < -0.4 is 5.73 Å². The summed E-state index contributed by atoms with van der Waals surface area (Å²) in [4.78, 5) is 13.2. The van der Waals surface area contributed by atoms with E-state index in [4.69, 9.17) is 5.73 Å². The molecular weight excluding hydrogens is 230 g/mol. The Morgan fingerprint density at radius 2 is 2.19 bits per heavy atom. The molecule has 0 saturated carbocycles. The fourth-order valence-corrected chi connectivity index (χ4v) is 3.00. The molecule has 0 aromatic rings. The van der Waals surface area contributed by atoms with Gasteiger partial charge in [-0.2, -0.15) is 4.31 Å². The maximum atomic E-state index is 11.8. The highest BCUT2D eigenvalue weighted by Crippen LogP contribution is 2.13. The van der Waals surface area contributed by atoms with E-state index in [0.29, 0.717) is 19.5 Å². The smallest absolute Gasteiger partial charge is 0.237 e. The molecule has 0 radical (unpaired) electrons. The summed E-state index contributed by atoms with van der Waals surface area (Å²) in [6, 6.07) is -0.0715. The van der Waals surface area contributed by atoms with Crippen molar-refractivity contribution >= 4 is 15.9 Å². The Hall–Kier alpha value is -0.660. The van der Waals surface area contributed by atoms with Crippen molar-refractivity contribution in [3.8, 4) is 0 Å². The fraction of sp³-hybridized carbons (Fsp3) is 0.889. The number of hydrogen-bond acceptors (Lipinski definition) is 4. The zero-order valence-corrected chi connectivity index (χ0v) is 10.5. The molecular formula is C9H19N3O3S. The lowest BCUT2D eigenvalue weighted by molar-refractivity contribution is -0.131. The van der Waals surface area contributed by atoms with E-state index in [1.807, 2.05) is 6.92 Å². The molecule has 0 aromatic heterocycles. The van der Waals surface area contributed by atoms with Gasteiger partial charge in [0.25, 0.3) is 0 Å². The fourth-order valence-electron chi connectivity index (χ4n) is 1.54. The van der Waals surface area contributed by atoms with Crippen LogP contribution in [0.15, 0.2) is 0 Å². The maximum Gasteiger partial charge on any atom is 0.237 e. The minimum Gasteiger partial charge on any atom is -0.341 e. The predicted octanol–water partition coefficient (Wildman–Crippen LogP) is -1.17. The number of likely N-dealkylation sites (N-methyl/N-ethyl adjacent to an activating group) is 1. The number of amides is 1. The minimum absolute atomic E-state index is 0.0663. The summed E-state index contributed by atoms with van der Waals surface area (Å²) < 4.78 is 24.2. The van der Waals surface area contributed by atoms with E-state index < -0.39 is 10.0 Å². The standard InChI is InChI=1S/C9H19N3O3S/c1-8(6-10)11(2)9(13)7-12-4-3-5-16(12,14)15/h8H,3-7,10H2,1-2H3. The molecule has 1 amide bonds. The minimum atomic E-state index is -3.19. The predicted molar refractivity (Wildman–Crippen MR) is 61.3 cm³/mol. The molecule has 7 heteroatoms. The Kier molecular flexibility index (Phi) is 4.28. The monoisotopic (exact) mass is 249 g/mol. The molecule has 1 saturated heterocycles. The van der Waals surface area contributed by atoms with Gasteiger partial charge in [0.2, 0.25) is 15.9 Å². The number of nitrogens with two attached hydrogens (primary N) is 1. The van der Waals surface area contributed by atoms with Crippen LogP contribution in [0.1, 0.15) is 13.3 Å². The van der Waals surface area contributed by atoms with Gasteiger partial charge in [-0.1, -0.05) is 0 Å². The Labute approximate surface area is 96.4 Å². The van der Waals surface area contributed by atoms with Gasteiger partial charge in [0.05, 0.1) is 12.3 Å². The molecule has 16 heavy (non-hydrogen) atoms. The highest BCUT2D eigenvalue weighted by molar-refractivity contribution is 7.89. The van der Waals surface area contributed by atoms with Crippen molar-refractivity contribution in [1.29, 1.82) is 0 Å². The van der Waals surface area contributed by atoms with Crippen LogP contribution in [0.2, 0.25) is 0 Å². The van der Waals surface area contributed by atoms with Gasteiger partial charge < -0.3 is 10.6 Å². The van der Waals surface area contributed by atoms with Crippen LogP contribution in [0, 0.1) is 0 Å². The molecule has 1 heterocycles. The molecule has 6 nitrogen and oxygen atoms in total. The summed E-state index contributed by atoms with van der Waals surface area (Å²) in [5.41, 5.74) is 5.45.